The lowest BCUT2D eigenvalue weighted by Gasteiger charge is -2.24. The lowest BCUT2D eigenvalue weighted by Crippen LogP contribution is -2.32. The molecule has 1 aromatic heterocycles. The first kappa shape index (κ1) is 23.6. The van der Waals surface area contributed by atoms with Gasteiger partial charge in [-0.15, -0.1) is 0 Å². The molecule has 6 heteroatoms. The lowest BCUT2D eigenvalue weighted by atomic mass is 9.81. The van der Waals surface area contributed by atoms with E-state index in [4.69, 9.17) is 25.5 Å². The first-order chi connectivity index (χ1) is 18.0. The third-order valence-electron chi connectivity index (χ3n) is 7.04. The van der Waals surface area contributed by atoms with E-state index in [2.05, 4.69) is 53.6 Å². The van der Waals surface area contributed by atoms with Gasteiger partial charge in [0.05, 0.1) is 11.8 Å². The number of fused-ring (bicyclic) bond motifs is 1. The summed E-state index contributed by atoms with van der Waals surface area (Å²) in [5.41, 5.74) is 3.44. The van der Waals surface area contributed by atoms with Crippen LogP contribution in [-0.4, -0.2) is 4.98 Å². The van der Waals surface area contributed by atoms with E-state index in [-0.39, 0.29) is 0 Å². The summed E-state index contributed by atoms with van der Waals surface area (Å²) < 4.78 is 32.6. The van der Waals surface area contributed by atoms with Crippen molar-refractivity contribution in [2.75, 3.05) is 0 Å². The fourth-order valence-electron chi connectivity index (χ4n) is 5.13. The molecule has 0 radical (unpaired) electrons. The third kappa shape index (κ3) is 4.67. The van der Waals surface area contributed by atoms with Gasteiger partial charge in [0.15, 0.2) is 17.9 Å². The second-order valence-corrected chi connectivity index (χ2v) is 10.0. The Morgan fingerprint density at radius 2 is 1.73 bits per heavy atom. The van der Waals surface area contributed by atoms with Gasteiger partial charge in [-0.2, -0.15) is 0 Å². The van der Waals surface area contributed by atoms with Crippen LogP contribution in [0, 0.1) is 17.7 Å². The normalized spacial score (nSPS) is 21.9. The molecule has 6 rings (SSSR count). The summed E-state index contributed by atoms with van der Waals surface area (Å²) in [6.07, 6.45) is 13.7. The molecule has 0 saturated heterocycles. The zero-order valence-electron chi connectivity index (χ0n) is 20.2. The first-order valence-corrected chi connectivity index (χ1v) is 12.6. The van der Waals surface area contributed by atoms with E-state index in [0.29, 0.717) is 33.9 Å². The molecule has 37 heavy (non-hydrogen) atoms. The molecule has 4 aromatic rings. The number of hydrogen-bond acceptors (Lipinski definition) is 4. The van der Waals surface area contributed by atoms with Crippen molar-refractivity contribution in [3.8, 4) is 22.6 Å². The number of aromatic nitrogens is 1. The summed E-state index contributed by atoms with van der Waals surface area (Å²) in [5, 5.41) is 0.324. The quantitative estimate of drug-likeness (QED) is 0.262. The highest BCUT2D eigenvalue weighted by molar-refractivity contribution is 6.30. The number of nitrogens with zero attached hydrogens (tertiary/aromatic N) is 1. The Morgan fingerprint density at radius 1 is 0.946 bits per heavy atom. The van der Waals surface area contributed by atoms with Crippen LogP contribution in [0.3, 0.4) is 0 Å². The van der Waals surface area contributed by atoms with Gasteiger partial charge in [0.1, 0.15) is 11.6 Å². The molecule has 0 bridgehead atoms. The number of benzene rings is 3. The van der Waals surface area contributed by atoms with Crippen LogP contribution in [0.25, 0.3) is 11.1 Å². The maximum atomic E-state index is 14.7. The molecule has 1 aliphatic heterocycles. The van der Waals surface area contributed by atoms with Crippen LogP contribution >= 0.6 is 11.6 Å². The standard InChI is InChI=1S/C31H25ClFNO3/c1-31(27-14-13-24(32)17-28(27)33)36-29-8-4-7-26(30(29)37-31)21-11-9-20(10-12-21)15-22-5-2-3-6-23(22)16-25-18-34-19-35-25/h2-14,17-19,22-23H,15-16H2,1H3. The monoisotopic (exact) mass is 513 g/mol. The van der Waals surface area contributed by atoms with Crippen molar-refractivity contribution in [1.82, 2.24) is 4.98 Å². The highest BCUT2D eigenvalue weighted by atomic mass is 35.5. The third-order valence-corrected chi connectivity index (χ3v) is 7.27. The van der Waals surface area contributed by atoms with E-state index in [0.717, 1.165) is 29.7 Å². The van der Waals surface area contributed by atoms with Gasteiger partial charge in [-0.05, 0) is 53.6 Å². The zero-order valence-corrected chi connectivity index (χ0v) is 21.0. The molecular formula is C31H25ClFNO3. The first-order valence-electron chi connectivity index (χ1n) is 12.3. The largest absolute Gasteiger partial charge is 0.449 e. The molecule has 0 spiro atoms. The minimum Gasteiger partial charge on any atom is -0.449 e. The van der Waals surface area contributed by atoms with Crippen LogP contribution < -0.4 is 9.47 Å². The van der Waals surface area contributed by atoms with Gasteiger partial charge in [0.25, 0.3) is 5.79 Å². The molecule has 0 amide bonds. The van der Waals surface area contributed by atoms with Crippen molar-refractivity contribution in [2.45, 2.75) is 25.6 Å². The number of para-hydroxylation sites is 1. The zero-order chi connectivity index (χ0) is 25.4. The van der Waals surface area contributed by atoms with Crippen molar-refractivity contribution in [3.05, 3.63) is 125 Å². The number of allylic oxidation sites excluding steroid dienone is 4. The van der Waals surface area contributed by atoms with Crippen molar-refractivity contribution >= 4 is 11.6 Å². The SMILES string of the molecule is CC1(c2ccc(Cl)cc2F)Oc2cccc(-c3ccc(CC4C=CC=CC4Cc4cnco4)cc3)c2O1. The van der Waals surface area contributed by atoms with Gasteiger partial charge in [0, 0.05) is 23.9 Å². The summed E-state index contributed by atoms with van der Waals surface area (Å²) in [4.78, 5) is 4.04. The maximum Gasteiger partial charge on any atom is 0.278 e. The van der Waals surface area contributed by atoms with Crippen LogP contribution in [-0.2, 0) is 18.6 Å². The summed E-state index contributed by atoms with van der Waals surface area (Å²) in [6, 6.07) is 18.7. The summed E-state index contributed by atoms with van der Waals surface area (Å²) in [7, 11) is 0. The van der Waals surface area contributed by atoms with E-state index < -0.39 is 11.6 Å². The van der Waals surface area contributed by atoms with Crippen molar-refractivity contribution < 1.29 is 18.3 Å². The average molecular weight is 514 g/mol. The molecule has 0 fully saturated rings. The number of oxazole rings is 1. The maximum absolute atomic E-state index is 14.7. The van der Waals surface area contributed by atoms with E-state index in [1.165, 1.54) is 18.0 Å². The number of ether oxygens (including phenoxy) is 2. The Balaban J connectivity index is 1.22. The van der Waals surface area contributed by atoms with E-state index >= 15 is 0 Å². The molecule has 0 N–H and O–H groups in total. The van der Waals surface area contributed by atoms with Crippen LogP contribution in [0.4, 0.5) is 4.39 Å². The molecule has 1 aliphatic carbocycles. The summed E-state index contributed by atoms with van der Waals surface area (Å²) >= 11 is 5.94. The fourth-order valence-corrected chi connectivity index (χ4v) is 5.29. The summed E-state index contributed by atoms with van der Waals surface area (Å²) in [5.74, 6) is 1.04. The molecule has 186 valence electrons. The number of halogens is 2. The van der Waals surface area contributed by atoms with Gasteiger partial charge in [-0.25, -0.2) is 9.37 Å². The van der Waals surface area contributed by atoms with Crippen LogP contribution in [0.15, 0.2) is 102 Å². The molecule has 4 nitrogen and oxygen atoms in total. The van der Waals surface area contributed by atoms with Gasteiger partial charge < -0.3 is 13.9 Å². The molecule has 2 heterocycles. The van der Waals surface area contributed by atoms with Crippen molar-refractivity contribution in [3.63, 3.8) is 0 Å². The Hall–Kier alpha value is -3.83. The second kappa shape index (κ2) is 9.56. The molecule has 3 aromatic carbocycles. The summed E-state index contributed by atoms with van der Waals surface area (Å²) in [6.45, 7) is 1.72. The fraction of sp³-hybridized carbons (Fsp3) is 0.194. The molecule has 2 aliphatic rings. The lowest BCUT2D eigenvalue weighted by molar-refractivity contribution is -0.0705. The van der Waals surface area contributed by atoms with Crippen LogP contribution in [0.1, 0.15) is 23.8 Å². The van der Waals surface area contributed by atoms with E-state index in [1.54, 1.807) is 25.3 Å². The van der Waals surface area contributed by atoms with Gasteiger partial charge >= 0.3 is 0 Å². The van der Waals surface area contributed by atoms with Crippen LogP contribution in [0.5, 0.6) is 11.5 Å². The average Bonchev–Trinajstić information content (AvgIpc) is 3.53. The Morgan fingerprint density at radius 3 is 2.46 bits per heavy atom. The van der Waals surface area contributed by atoms with Crippen molar-refractivity contribution in [1.29, 1.82) is 0 Å². The van der Waals surface area contributed by atoms with Gasteiger partial charge in [-0.1, -0.05) is 72.3 Å². The topological polar surface area (TPSA) is 44.5 Å². The Labute approximate surface area is 220 Å². The predicted molar refractivity (Wildman–Crippen MR) is 141 cm³/mol. The number of hydrogen-bond donors (Lipinski definition) is 0. The minimum atomic E-state index is -1.29. The highest BCUT2D eigenvalue weighted by Crippen LogP contribution is 2.49. The molecule has 0 saturated carbocycles. The number of rotatable bonds is 6. The highest BCUT2D eigenvalue weighted by Gasteiger charge is 2.42. The molecule has 3 atom stereocenters. The molecule has 3 unspecified atom stereocenters. The van der Waals surface area contributed by atoms with E-state index in [1.807, 2.05) is 18.2 Å². The van der Waals surface area contributed by atoms with E-state index in [9.17, 15) is 4.39 Å². The predicted octanol–water partition coefficient (Wildman–Crippen LogP) is 7.92. The van der Waals surface area contributed by atoms with Gasteiger partial charge in [0.2, 0.25) is 0 Å². The Kier molecular flexibility index (Phi) is 6.09. The Bertz CT molecular complexity index is 1480. The van der Waals surface area contributed by atoms with Crippen molar-refractivity contribution in [2.24, 2.45) is 11.8 Å². The second-order valence-electron chi connectivity index (χ2n) is 9.58. The van der Waals surface area contributed by atoms with Gasteiger partial charge in [-0.3, -0.25) is 0 Å². The molecular weight excluding hydrogens is 489 g/mol. The van der Waals surface area contributed by atoms with Crippen LogP contribution in [0.2, 0.25) is 5.02 Å². The smallest absolute Gasteiger partial charge is 0.278 e. The minimum absolute atomic E-state index is 0.295.